The number of carbonyl (C=O) groups excluding carboxylic acids is 2. The Morgan fingerprint density at radius 3 is 2.79 bits per heavy atom. The van der Waals surface area contributed by atoms with E-state index < -0.39 is 29.2 Å². The Hall–Kier alpha value is -2.76. The van der Waals surface area contributed by atoms with Crippen molar-refractivity contribution in [3.63, 3.8) is 0 Å². The van der Waals surface area contributed by atoms with Crippen LogP contribution >= 0.6 is 51.4 Å². The van der Waals surface area contributed by atoms with E-state index in [4.69, 9.17) is 10.6 Å². The van der Waals surface area contributed by atoms with Crippen molar-refractivity contribution in [3.05, 3.63) is 16.1 Å². The number of fused-ring (bicyclic) bond motifs is 1. The number of aliphatic carboxylic acids is 1. The largest absolute Gasteiger partial charge is 0.477 e. The number of rotatable bonds is 7. The number of β-lactam (4-membered cyclic amide) rings is 1. The van der Waals surface area contributed by atoms with E-state index in [0.717, 1.165) is 17.6 Å². The molecule has 33 heavy (non-hydrogen) atoms. The molecule has 17 heteroatoms. The first-order valence-corrected chi connectivity index (χ1v) is 11.6. The number of carboxylic acids is 1. The summed E-state index contributed by atoms with van der Waals surface area (Å²) in [4.78, 5) is 48.4. The average Bonchev–Trinajstić information content (AvgIpc) is 3.40. The molecule has 1 saturated heterocycles. The standard InChI is InChI=1S/C16H16N8O5S3.BrH/c1-23(2)16-22-21-11(32-16)6-4-30-13-9(12(26)24(13)10(6)14(27)28)19-7(25)3-18-29-8-5-31-15(17)20-8;/h3,5,9,13H,4H2,1-2H3,(H2,17,20)(H,19,25)(H,27,28);1H/b18-3+;. The normalized spacial score (nSPS) is 19.6. The quantitative estimate of drug-likeness (QED) is 0.237. The first-order valence-electron chi connectivity index (χ1n) is 8.90. The van der Waals surface area contributed by atoms with Gasteiger partial charge in [-0.1, -0.05) is 16.5 Å². The van der Waals surface area contributed by atoms with Crippen LogP contribution in [-0.4, -0.2) is 80.4 Å². The third-order valence-corrected chi connectivity index (χ3v) is 7.42. The van der Waals surface area contributed by atoms with Crippen LogP contribution in [0.1, 0.15) is 5.01 Å². The highest BCUT2D eigenvalue weighted by atomic mass is 79.9. The number of thioether (sulfide) groups is 1. The zero-order valence-electron chi connectivity index (χ0n) is 17.0. The maximum absolute atomic E-state index is 12.7. The highest BCUT2D eigenvalue weighted by Crippen LogP contribution is 2.44. The Balaban J connectivity index is 0.00000306. The predicted molar refractivity (Wildman–Crippen MR) is 130 cm³/mol. The van der Waals surface area contributed by atoms with Gasteiger partial charge < -0.3 is 25.9 Å². The van der Waals surface area contributed by atoms with Gasteiger partial charge in [-0.25, -0.2) is 4.79 Å². The molecule has 13 nitrogen and oxygen atoms in total. The second kappa shape index (κ2) is 10.0. The number of halogens is 1. The number of nitrogens with zero attached hydrogens (tertiary/aromatic N) is 6. The zero-order valence-corrected chi connectivity index (χ0v) is 21.2. The molecule has 1 fully saturated rings. The topological polar surface area (TPSA) is 176 Å². The fourth-order valence-corrected chi connectivity index (χ4v) is 5.64. The van der Waals surface area contributed by atoms with E-state index in [-0.39, 0.29) is 28.6 Å². The third-order valence-electron chi connectivity index (χ3n) is 4.34. The van der Waals surface area contributed by atoms with E-state index in [0.29, 0.717) is 26.6 Å². The number of anilines is 2. The molecule has 4 rings (SSSR count). The minimum Gasteiger partial charge on any atom is -0.477 e. The van der Waals surface area contributed by atoms with Crippen molar-refractivity contribution in [1.82, 2.24) is 25.4 Å². The summed E-state index contributed by atoms with van der Waals surface area (Å²) in [5, 5.41) is 26.2. The highest BCUT2D eigenvalue weighted by molar-refractivity contribution is 8.93. The minimum absolute atomic E-state index is 0. The lowest BCUT2D eigenvalue weighted by Gasteiger charge is -2.49. The number of carboxylic acid groups (broad SMARTS) is 1. The molecule has 4 heterocycles. The summed E-state index contributed by atoms with van der Waals surface area (Å²) in [6.45, 7) is 0. The third kappa shape index (κ3) is 4.94. The summed E-state index contributed by atoms with van der Waals surface area (Å²) in [5.41, 5.74) is 5.74. The number of oxime groups is 1. The maximum Gasteiger partial charge on any atom is 0.353 e. The summed E-state index contributed by atoms with van der Waals surface area (Å²) < 4.78 is 0. The lowest BCUT2D eigenvalue weighted by molar-refractivity contribution is -0.149. The summed E-state index contributed by atoms with van der Waals surface area (Å²) in [5.74, 6) is -2.01. The van der Waals surface area contributed by atoms with Gasteiger partial charge in [0, 0.05) is 25.4 Å². The van der Waals surface area contributed by atoms with Crippen LogP contribution in [0.4, 0.5) is 10.3 Å². The predicted octanol–water partition coefficient (Wildman–Crippen LogP) is 0.481. The van der Waals surface area contributed by atoms with Gasteiger partial charge in [0.1, 0.15) is 28.3 Å². The van der Waals surface area contributed by atoms with E-state index in [9.17, 15) is 19.5 Å². The molecular formula is C16H17BrN8O5S3. The molecule has 2 aliphatic rings. The average molecular weight is 577 g/mol. The lowest BCUT2D eigenvalue weighted by Crippen LogP contribution is -2.70. The summed E-state index contributed by atoms with van der Waals surface area (Å²) in [7, 11) is 3.60. The van der Waals surface area contributed by atoms with Crippen LogP contribution in [0.3, 0.4) is 0 Å². The lowest BCUT2D eigenvalue weighted by atomic mass is 10.0. The number of hydrogen-bond donors (Lipinski definition) is 3. The van der Waals surface area contributed by atoms with Crippen LogP contribution in [0.25, 0.3) is 5.57 Å². The molecule has 2 atom stereocenters. The zero-order chi connectivity index (χ0) is 23.0. The Morgan fingerprint density at radius 1 is 1.42 bits per heavy atom. The maximum atomic E-state index is 12.7. The number of thiazole rings is 1. The highest BCUT2D eigenvalue weighted by Gasteiger charge is 2.54. The number of hydrogen-bond acceptors (Lipinski definition) is 13. The van der Waals surface area contributed by atoms with E-state index in [2.05, 4.69) is 25.7 Å². The van der Waals surface area contributed by atoms with Gasteiger partial charge in [0.15, 0.2) is 5.13 Å². The Kier molecular flexibility index (Phi) is 7.55. The molecule has 0 radical (unpaired) electrons. The van der Waals surface area contributed by atoms with Gasteiger partial charge >= 0.3 is 5.97 Å². The molecule has 4 N–H and O–H groups in total. The van der Waals surface area contributed by atoms with Crippen LogP contribution in [0, 0.1) is 0 Å². The molecule has 0 aromatic carbocycles. The van der Waals surface area contributed by atoms with Crippen molar-refractivity contribution in [2.75, 3.05) is 30.5 Å². The van der Waals surface area contributed by atoms with E-state index in [1.165, 1.54) is 33.4 Å². The number of carbonyl (C=O) groups is 3. The summed E-state index contributed by atoms with van der Waals surface area (Å²) >= 11 is 3.72. The molecule has 0 aliphatic carbocycles. The van der Waals surface area contributed by atoms with Crippen molar-refractivity contribution in [2.24, 2.45) is 5.16 Å². The van der Waals surface area contributed by atoms with Crippen molar-refractivity contribution in [2.45, 2.75) is 11.4 Å². The molecule has 2 aliphatic heterocycles. The van der Waals surface area contributed by atoms with Gasteiger partial charge in [-0.3, -0.25) is 14.5 Å². The van der Waals surface area contributed by atoms with Gasteiger partial charge in [0.25, 0.3) is 17.7 Å². The first kappa shape index (κ1) is 24.9. The molecule has 2 unspecified atom stereocenters. The monoisotopic (exact) mass is 576 g/mol. The first-order chi connectivity index (χ1) is 15.3. The SMILES string of the molecule is Br.CN(C)c1nnc(C2=C(C(=O)O)N3C(=O)C(NC(=O)/C=N/Oc4csc(N)n4)C3SC2)s1. The molecule has 0 spiro atoms. The van der Waals surface area contributed by atoms with Gasteiger partial charge in [0.05, 0.1) is 5.38 Å². The number of amides is 2. The molecular weight excluding hydrogens is 560 g/mol. The Bertz CT molecular complexity index is 1150. The molecule has 176 valence electrons. The number of nitrogens with one attached hydrogen (secondary N) is 1. The molecule has 0 saturated carbocycles. The van der Waals surface area contributed by atoms with Gasteiger partial charge in [0.2, 0.25) is 5.13 Å². The number of nitrogen functional groups attached to an aromatic ring is 1. The minimum atomic E-state index is -1.25. The van der Waals surface area contributed by atoms with Crippen molar-refractivity contribution in [3.8, 4) is 5.88 Å². The van der Waals surface area contributed by atoms with E-state index in [1.807, 2.05) is 0 Å². The molecule has 2 aromatic heterocycles. The van der Waals surface area contributed by atoms with Crippen molar-refractivity contribution in [1.29, 1.82) is 0 Å². The number of aromatic nitrogens is 3. The van der Waals surface area contributed by atoms with Crippen LogP contribution in [-0.2, 0) is 14.4 Å². The van der Waals surface area contributed by atoms with Crippen molar-refractivity contribution >= 4 is 91.3 Å². The van der Waals surface area contributed by atoms with Crippen LogP contribution in [0.15, 0.2) is 16.2 Å². The van der Waals surface area contributed by atoms with Crippen molar-refractivity contribution < 1.29 is 24.3 Å². The summed E-state index contributed by atoms with van der Waals surface area (Å²) in [6.07, 6.45) is 0.863. The van der Waals surface area contributed by atoms with Crippen LogP contribution in [0.2, 0.25) is 0 Å². The van der Waals surface area contributed by atoms with E-state index >= 15 is 0 Å². The Morgan fingerprint density at radius 2 is 2.18 bits per heavy atom. The van der Waals surface area contributed by atoms with Crippen LogP contribution < -0.4 is 20.8 Å². The second-order valence-corrected chi connectivity index (χ2v) is 9.61. The second-order valence-electron chi connectivity index (χ2n) is 6.66. The molecule has 0 bridgehead atoms. The van der Waals surface area contributed by atoms with Gasteiger partial charge in [-0.05, 0) is 0 Å². The fraction of sp³-hybridized carbons (Fsp3) is 0.312. The molecule has 2 aromatic rings. The smallest absolute Gasteiger partial charge is 0.353 e. The fourth-order valence-electron chi connectivity index (χ4n) is 2.93. The molecule has 2 amide bonds. The Labute approximate surface area is 209 Å². The number of nitrogens with two attached hydrogens (primary N) is 1. The van der Waals surface area contributed by atoms with E-state index in [1.54, 1.807) is 19.0 Å². The van der Waals surface area contributed by atoms with Gasteiger partial charge in [-0.2, -0.15) is 4.98 Å². The summed E-state index contributed by atoms with van der Waals surface area (Å²) in [6, 6.07) is -0.892. The van der Waals surface area contributed by atoms with Crippen LogP contribution in [0.5, 0.6) is 5.88 Å². The van der Waals surface area contributed by atoms with Gasteiger partial charge in [-0.15, -0.1) is 50.3 Å².